The van der Waals surface area contributed by atoms with Gasteiger partial charge in [0.15, 0.2) is 0 Å². The zero-order chi connectivity index (χ0) is 14.4. The summed E-state index contributed by atoms with van der Waals surface area (Å²) < 4.78 is 0. The van der Waals surface area contributed by atoms with Gasteiger partial charge in [0.05, 0.1) is 0 Å². The number of nitrogens with one attached hydrogen (secondary N) is 1. The number of rotatable bonds is 7. The molecule has 108 valence electrons. The van der Waals surface area contributed by atoms with Crippen LogP contribution in [0, 0.1) is 5.92 Å². The second-order valence-corrected chi connectivity index (χ2v) is 6.08. The maximum absolute atomic E-state index is 6.16. The van der Waals surface area contributed by atoms with E-state index in [9.17, 15) is 0 Å². The molecule has 1 aromatic carbocycles. The molecule has 0 aliphatic rings. The summed E-state index contributed by atoms with van der Waals surface area (Å²) in [4.78, 5) is 2.35. The van der Waals surface area contributed by atoms with E-state index in [1.54, 1.807) is 0 Å². The van der Waals surface area contributed by atoms with Crippen LogP contribution in [0.1, 0.15) is 39.7 Å². The summed E-state index contributed by atoms with van der Waals surface area (Å²) in [5.41, 5.74) is 2.55. The molecule has 0 amide bonds. The Kier molecular flexibility index (Phi) is 6.67. The molecule has 0 radical (unpaired) electrons. The summed E-state index contributed by atoms with van der Waals surface area (Å²) in [5, 5.41) is 4.19. The van der Waals surface area contributed by atoms with Crippen LogP contribution in [0.15, 0.2) is 18.2 Å². The summed E-state index contributed by atoms with van der Waals surface area (Å²) in [6, 6.07) is 6.68. The van der Waals surface area contributed by atoms with E-state index in [0.29, 0.717) is 12.0 Å². The van der Waals surface area contributed by atoms with Crippen LogP contribution < -0.4 is 10.2 Å². The fourth-order valence-electron chi connectivity index (χ4n) is 2.35. The Bertz CT molecular complexity index is 390. The largest absolute Gasteiger partial charge is 0.372 e. The molecule has 0 bridgehead atoms. The number of hydrogen-bond acceptors (Lipinski definition) is 2. The average Bonchev–Trinajstić information content (AvgIpc) is 2.35. The van der Waals surface area contributed by atoms with Gasteiger partial charge < -0.3 is 10.2 Å². The molecule has 2 nitrogen and oxygen atoms in total. The molecule has 0 aliphatic carbocycles. The Hall–Kier alpha value is -0.730. The third-order valence-electron chi connectivity index (χ3n) is 3.47. The predicted octanol–water partition coefficient (Wildman–Crippen LogP) is 4.32. The Morgan fingerprint density at radius 2 is 1.95 bits per heavy atom. The minimum absolute atomic E-state index is 0.513. The van der Waals surface area contributed by atoms with Gasteiger partial charge in [-0.25, -0.2) is 0 Å². The summed E-state index contributed by atoms with van der Waals surface area (Å²) in [6.07, 6.45) is 1.18. The second kappa shape index (κ2) is 7.76. The van der Waals surface area contributed by atoms with Gasteiger partial charge in [-0.2, -0.15) is 0 Å². The molecule has 1 N–H and O–H groups in total. The Labute approximate surface area is 123 Å². The van der Waals surface area contributed by atoms with Crippen LogP contribution in [0.25, 0.3) is 0 Å². The normalized spacial score (nSPS) is 12.8. The Balaban J connectivity index is 2.92. The minimum atomic E-state index is 0.513. The van der Waals surface area contributed by atoms with Crippen LogP contribution in [-0.4, -0.2) is 19.6 Å². The molecular formula is C16H27ClN2. The van der Waals surface area contributed by atoms with E-state index < -0.39 is 0 Å². The van der Waals surface area contributed by atoms with Crippen LogP contribution in [0.4, 0.5) is 5.69 Å². The van der Waals surface area contributed by atoms with Crippen LogP contribution in [-0.2, 0) is 6.54 Å². The molecule has 0 aliphatic heterocycles. The molecule has 0 saturated heterocycles. The zero-order valence-electron chi connectivity index (χ0n) is 12.8. The van der Waals surface area contributed by atoms with Crippen molar-refractivity contribution in [1.82, 2.24) is 5.32 Å². The Morgan fingerprint density at radius 3 is 2.53 bits per heavy atom. The summed E-state index contributed by atoms with van der Waals surface area (Å²) in [7, 11) is 2.16. The van der Waals surface area contributed by atoms with Crippen molar-refractivity contribution in [2.45, 2.75) is 46.7 Å². The van der Waals surface area contributed by atoms with Crippen LogP contribution >= 0.6 is 11.6 Å². The van der Waals surface area contributed by atoms with Crippen LogP contribution in [0.2, 0.25) is 5.02 Å². The van der Waals surface area contributed by atoms with E-state index in [0.717, 1.165) is 18.1 Å². The lowest BCUT2D eigenvalue weighted by Gasteiger charge is -2.30. The summed E-state index contributed by atoms with van der Waals surface area (Å²) in [6.45, 7) is 10.8. The summed E-state index contributed by atoms with van der Waals surface area (Å²) >= 11 is 6.16. The maximum Gasteiger partial charge on any atom is 0.0426 e. The van der Waals surface area contributed by atoms with Crippen molar-refractivity contribution in [2.24, 2.45) is 5.92 Å². The minimum Gasteiger partial charge on any atom is -0.372 e. The molecule has 0 aromatic heterocycles. The van der Waals surface area contributed by atoms with Gasteiger partial charge in [-0.1, -0.05) is 38.4 Å². The molecule has 1 aromatic rings. The molecule has 0 saturated carbocycles. The topological polar surface area (TPSA) is 15.3 Å². The van der Waals surface area contributed by atoms with E-state index in [-0.39, 0.29) is 0 Å². The molecule has 1 unspecified atom stereocenters. The highest BCUT2D eigenvalue weighted by Gasteiger charge is 2.15. The monoisotopic (exact) mass is 282 g/mol. The average molecular weight is 283 g/mol. The van der Waals surface area contributed by atoms with Crippen molar-refractivity contribution in [3.05, 3.63) is 28.8 Å². The van der Waals surface area contributed by atoms with Gasteiger partial charge in [0.1, 0.15) is 0 Å². The first-order chi connectivity index (χ1) is 8.95. The van der Waals surface area contributed by atoms with Crippen molar-refractivity contribution in [3.8, 4) is 0 Å². The zero-order valence-corrected chi connectivity index (χ0v) is 13.6. The van der Waals surface area contributed by atoms with Gasteiger partial charge in [-0.3, -0.25) is 0 Å². The molecule has 19 heavy (non-hydrogen) atoms. The molecule has 1 rings (SSSR count). The van der Waals surface area contributed by atoms with Crippen molar-refractivity contribution >= 4 is 17.3 Å². The van der Waals surface area contributed by atoms with Crippen molar-refractivity contribution in [1.29, 1.82) is 0 Å². The molecule has 0 spiro atoms. The van der Waals surface area contributed by atoms with E-state index >= 15 is 0 Å². The lowest BCUT2D eigenvalue weighted by atomic mass is 10.0. The van der Waals surface area contributed by atoms with Gasteiger partial charge >= 0.3 is 0 Å². The van der Waals surface area contributed by atoms with Gasteiger partial charge in [-0.05, 0) is 43.5 Å². The van der Waals surface area contributed by atoms with E-state index in [1.807, 2.05) is 6.07 Å². The number of halogens is 1. The predicted molar refractivity (Wildman–Crippen MR) is 86.2 cm³/mol. The van der Waals surface area contributed by atoms with Gasteiger partial charge in [0.2, 0.25) is 0 Å². The molecular weight excluding hydrogens is 256 g/mol. The lowest BCUT2D eigenvalue weighted by Crippen LogP contribution is -2.31. The lowest BCUT2D eigenvalue weighted by molar-refractivity contribution is 0.503. The standard InChI is InChI=1S/C16H27ClN2/c1-6-18-11-14-7-8-15(17)10-16(14)19(5)13(4)9-12(2)3/h7-8,10,12-13,18H,6,9,11H2,1-5H3. The smallest absolute Gasteiger partial charge is 0.0426 e. The molecule has 1 atom stereocenters. The third-order valence-corrected chi connectivity index (χ3v) is 3.70. The number of anilines is 1. The highest BCUT2D eigenvalue weighted by molar-refractivity contribution is 6.30. The quantitative estimate of drug-likeness (QED) is 0.801. The molecule has 3 heteroatoms. The van der Waals surface area contributed by atoms with E-state index in [4.69, 9.17) is 11.6 Å². The van der Waals surface area contributed by atoms with E-state index in [2.05, 4.69) is 57.1 Å². The first kappa shape index (κ1) is 16.3. The molecule has 0 fully saturated rings. The van der Waals surface area contributed by atoms with Crippen LogP contribution in [0.5, 0.6) is 0 Å². The van der Waals surface area contributed by atoms with Crippen molar-refractivity contribution < 1.29 is 0 Å². The first-order valence-corrected chi connectivity index (χ1v) is 7.55. The third kappa shape index (κ3) is 5.04. The van der Waals surface area contributed by atoms with E-state index in [1.165, 1.54) is 17.7 Å². The van der Waals surface area contributed by atoms with Gasteiger partial charge in [0, 0.05) is 30.3 Å². The fourth-order valence-corrected chi connectivity index (χ4v) is 2.52. The number of nitrogens with zero attached hydrogens (tertiary/aromatic N) is 1. The van der Waals surface area contributed by atoms with Crippen molar-refractivity contribution in [3.63, 3.8) is 0 Å². The first-order valence-electron chi connectivity index (χ1n) is 7.17. The van der Waals surface area contributed by atoms with Gasteiger partial charge in [0.25, 0.3) is 0 Å². The highest BCUT2D eigenvalue weighted by Crippen LogP contribution is 2.27. The summed E-state index contributed by atoms with van der Waals surface area (Å²) in [5.74, 6) is 0.703. The maximum atomic E-state index is 6.16. The van der Waals surface area contributed by atoms with Gasteiger partial charge in [-0.15, -0.1) is 0 Å². The van der Waals surface area contributed by atoms with Crippen LogP contribution in [0.3, 0.4) is 0 Å². The fraction of sp³-hybridized carbons (Fsp3) is 0.625. The second-order valence-electron chi connectivity index (χ2n) is 5.64. The highest BCUT2D eigenvalue weighted by atomic mass is 35.5. The van der Waals surface area contributed by atoms with Crippen molar-refractivity contribution in [2.75, 3.05) is 18.5 Å². The number of benzene rings is 1. The number of hydrogen-bond donors (Lipinski definition) is 1. The molecule has 0 heterocycles. The SMILES string of the molecule is CCNCc1ccc(Cl)cc1N(C)C(C)CC(C)C. The Morgan fingerprint density at radius 1 is 1.26 bits per heavy atom.